The van der Waals surface area contributed by atoms with Crippen LogP contribution >= 0.6 is 0 Å². The van der Waals surface area contributed by atoms with Gasteiger partial charge in [-0.05, 0) is 65.6 Å². The van der Waals surface area contributed by atoms with Crippen LogP contribution in [0, 0.1) is 12.7 Å². The van der Waals surface area contributed by atoms with Crippen molar-refractivity contribution in [1.29, 1.82) is 0 Å². The number of fused-ring (bicyclic) bond motifs is 2. The van der Waals surface area contributed by atoms with Crippen LogP contribution in [0.1, 0.15) is 11.1 Å². The topological polar surface area (TPSA) is 79.5 Å². The summed E-state index contributed by atoms with van der Waals surface area (Å²) in [6.45, 7) is 2.36. The minimum absolute atomic E-state index is 0.245. The lowest BCUT2D eigenvalue weighted by molar-refractivity contribution is 0.305. The molecular weight excluding hydrogens is 501 g/mol. The number of aryl methyl sites for hydroxylation is 1. The van der Waals surface area contributed by atoms with Crippen LogP contribution in [0.5, 0.6) is 5.75 Å². The zero-order valence-corrected chi connectivity index (χ0v) is 21.6. The van der Waals surface area contributed by atoms with Gasteiger partial charge in [0.1, 0.15) is 23.9 Å². The average Bonchev–Trinajstić information content (AvgIpc) is 3.60. The van der Waals surface area contributed by atoms with Gasteiger partial charge in [-0.25, -0.2) is 4.39 Å². The fraction of sp³-hybridized carbons (Fsp3) is 0.0606. The van der Waals surface area contributed by atoms with Gasteiger partial charge in [0.15, 0.2) is 0 Å². The van der Waals surface area contributed by atoms with Crippen LogP contribution in [0.3, 0.4) is 0 Å². The Kier molecular flexibility index (Phi) is 5.82. The fourth-order valence-corrected chi connectivity index (χ4v) is 5.08. The Morgan fingerprint density at radius 1 is 0.800 bits per heavy atom. The maximum atomic E-state index is 14.2. The average molecular weight is 526 g/mol. The zero-order valence-electron chi connectivity index (χ0n) is 21.6. The van der Waals surface area contributed by atoms with Crippen molar-refractivity contribution >= 4 is 21.8 Å². The molecular formula is C33H24FN5O. The summed E-state index contributed by atoms with van der Waals surface area (Å²) < 4.78 is 20.2. The van der Waals surface area contributed by atoms with E-state index < -0.39 is 0 Å². The Morgan fingerprint density at radius 3 is 2.58 bits per heavy atom. The lowest BCUT2D eigenvalue weighted by Gasteiger charge is -2.08. The summed E-state index contributed by atoms with van der Waals surface area (Å²) in [5.74, 6) is 0.427. The summed E-state index contributed by atoms with van der Waals surface area (Å²) >= 11 is 0. The van der Waals surface area contributed by atoms with E-state index in [-0.39, 0.29) is 5.82 Å². The van der Waals surface area contributed by atoms with Crippen LogP contribution in [-0.4, -0.2) is 25.1 Å². The van der Waals surface area contributed by atoms with Crippen molar-refractivity contribution < 1.29 is 9.13 Å². The van der Waals surface area contributed by atoms with Crippen LogP contribution < -0.4 is 4.74 Å². The molecule has 4 heterocycles. The quantitative estimate of drug-likeness (QED) is 0.232. The van der Waals surface area contributed by atoms with Gasteiger partial charge in [0.05, 0.1) is 29.3 Å². The van der Waals surface area contributed by atoms with Crippen molar-refractivity contribution in [2.24, 2.45) is 0 Å². The first-order chi connectivity index (χ1) is 19.6. The number of benzene rings is 3. The molecule has 0 atom stereocenters. The number of hydrogen-bond donors (Lipinski definition) is 2. The molecule has 0 aliphatic carbocycles. The summed E-state index contributed by atoms with van der Waals surface area (Å²) in [6.07, 6.45) is 5.26. The van der Waals surface area contributed by atoms with Crippen molar-refractivity contribution in [3.05, 3.63) is 120 Å². The number of pyridine rings is 2. The monoisotopic (exact) mass is 525 g/mol. The summed E-state index contributed by atoms with van der Waals surface area (Å²) in [4.78, 5) is 12.5. The predicted molar refractivity (Wildman–Crippen MR) is 155 cm³/mol. The molecule has 3 aromatic carbocycles. The molecule has 2 N–H and O–H groups in total. The summed E-state index contributed by atoms with van der Waals surface area (Å²) in [5, 5.41) is 9.64. The molecule has 0 aliphatic rings. The van der Waals surface area contributed by atoms with Gasteiger partial charge < -0.3 is 9.72 Å². The van der Waals surface area contributed by atoms with Gasteiger partial charge in [0.25, 0.3) is 0 Å². The molecule has 40 heavy (non-hydrogen) atoms. The number of rotatable bonds is 6. The second kappa shape index (κ2) is 9.78. The number of nitrogens with one attached hydrogen (secondary N) is 2. The van der Waals surface area contributed by atoms with Crippen LogP contribution in [0.2, 0.25) is 0 Å². The smallest absolute Gasteiger partial charge is 0.138 e. The van der Waals surface area contributed by atoms with E-state index >= 15 is 0 Å². The molecule has 0 unspecified atom stereocenters. The van der Waals surface area contributed by atoms with Gasteiger partial charge in [-0.15, -0.1) is 0 Å². The molecule has 6 nitrogen and oxygen atoms in total. The fourth-order valence-electron chi connectivity index (χ4n) is 5.08. The molecule has 7 rings (SSSR count). The highest BCUT2D eigenvalue weighted by Crippen LogP contribution is 2.35. The maximum Gasteiger partial charge on any atom is 0.138 e. The van der Waals surface area contributed by atoms with Crippen LogP contribution in [0.25, 0.3) is 55.6 Å². The lowest BCUT2D eigenvalue weighted by atomic mass is 9.99. The molecule has 0 fully saturated rings. The van der Waals surface area contributed by atoms with Crippen LogP contribution in [-0.2, 0) is 6.61 Å². The largest absolute Gasteiger partial charge is 0.487 e. The number of hydrogen-bond acceptors (Lipinski definition) is 4. The molecule has 0 radical (unpaired) electrons. The zero-order chi connectivity index (χ0) is 27.1. The standard InChI is InChI=1S/C33H24FN5O/c1-20-10-22(12-24(34)11-20)26-8-5-9-29-27(26)14-31(37-29)33-28-15-30(36-18-32(28)38-39-33)23-13-25(17-35-16-23)40-19-21-6-3-2-4-7-21/h2-18,37H,19H2,1H3,(H,38,39). The van der Waals surface area contributed by atoms with Crippen molar-refractivity contribution in [3.8, 4) is 39.5 Å². The number of nitrogens with zero attached hydrogens (tertiary/aromatic N) is 3. The molecule has 0 aliphatic heterocycles. The van der Waals surface area contributed by atoms with Crippen LogP contribution in [0.4, 0.5) is 4.39 Å². The second-order valence-electron chi connectivity index (χ2n) is 9.84. The summed E-state index contributed by atoms with van der Waals surface area (Å²) in [5.41, 5.74) is 8.79. The van der Waals surface area contributed by atoms with E-state index in [1.165, 1.54) is 6.07 Å². The number of aromatic amines is 2. The number of H-pyrrole nitrogens is 2. The molecule has 0 saturated heterocycles. The van der Waals surface area contributed by atoms with Gasteiger partial charge in [0, 0.05) is 28.0 Å². The van der Waals surface area contributed by atoms with E-state index in [2.05, 4.69) is 31.2 Å². The number of aromatic nitrogens is 5. The molecule has 0 spiro atoms. The molecule has 4 aromatic heterocycles. The highest BCUT2D eigenvalue weighted by atomic mass is 19.1. The molecule has 7 aromatic rings. The number of ether oxygens (including phenoxy) is 1. The molecule has 194 valence electrons. The normalized spacial score (nSPS) is 11.3. The van der Waals surface area contributed by atoms with Crippen molar-refractivity contribution in [2.45, 2.75) is 13.5 Å². The minimum atomic E-state index is -0.245. The SMILES string of the molecule is Cc1cc(F)cc(-c2cccc3[nH]c(-c4n[nH]c5cnc(-c6cncc(OCc7ccccc7)c6)cc45)cc23)c1. The van der Waals surface area contributed by atoms with E-state index in [9.17, 15) is 4.39 Å². The summed E-state index contributed by atoms with van der Waals surface area (Å²) in [7, 11) is 0. The Hall–Kier alpha value is -5.30. The first kappa shape index (κ1) is 23.8. The Labute approximate surface area is 229 Å². The third-order valence-electron chi connectivity index (χ3n) is 6.98. The molecule has 0 amide bonds. The van der Waals surface area contributed by atoms with Gasteiger partial charge in [0.2, 0.25) is 0 Å². The van der Waals surface area contributed by atoms with Crippen molar-refractivity contribution in [1.82, 2.24) is 25.1 Å². The van der Waals surface area contributed by atoms with Crippen LogP contribution in [0.15, 0.2) is 104 Å². The van der Waals surface area contributed by atoms with Crippen molar-refractivity contribution in [2.75, 3.05) is 0 Å². The third-order valence-corrected chi connectivity index (χ3v) is 6.98. The second-order valence-corrected chi connectivity index (χ2v) is 9.84. The Bertz CT molecular complexity index is 1970. The Balaban J connectivity index is 1.25. The van der Waals surface area contributed by atoms with Crippen molar-refractivity contribution in [3.63, 3.8) is 0 Å². The predicted octanol–water partition coefficient (Wildman–Crippen LogP) is 7.86. The van der Waals surface area contributed by atoms with E-state index in [0.717, 1.165) is 66.7 Å². The van der Waals surface area contributed by atoms with E-state index in [0.29, 0.717) is 12.4 Å². The molecule has 7 heteroatoms. The van der Waals surface area contributed by atoms with Gasteiger partial charge in [-0.1, -0.05) is 48.5 Å². The minimum Gasteiger partial charge on any atom is -0.487 e. The highest BCUT2D eigenvalue weighted by molar-refractivity contribution is 6.01. The third kappa shape index (κ3) is 4.47. The molecule has 0 bridgehead atoms. The highest BCUT2D eigenvalue weighted by Gasteiger charge is 2.15. The maximum absolute atomic E-state index is 14.2. The lowest BCUT2D eigenvalue weighted by Crippen LogP contribution is -1.96. The first-order valence-electron chi connectivity index (χ1n) is 13.0. The van der Waals surface area contributed by atoms with Gasteiger partial charge in [-0.2, -0.15) is 5.10 Å². The molecule has 0 saturated carbocycles. The Morgan fingerprint density at radius 2 is 1.70 bits per heavy atom. The van der Waals surface area contributed by atoms with Gasteiger partial charge in [-0.3, -0.25) is 15.1 Å². The first-order valence-corrected chi connectivity index (χ1v) is 13.0. The summed E-state index contributed by atoms with van der Waals surface area (Å²) in [6, 6.07) is 27.2. The van der Waals surface area contributed by atoms with E-state index in [1.807, 2.05) is 73.7 Å². The van der Waals surface area contributed by atoms with E-state index in [1.54, 1.807) is 24.7 Å². The van der Waals surface area contributed by atoms with E-state index in [4.69, 9.17) is 4.74 Å². The number of halogens is 1. The van der Waals surface area contributed by atoms with Gasteiger partial charge >= 0.3 is 0 Å².